The Labute approximate surface area is 810 Å². The normalized spacial score (nSPS) is 17.7. The molecule has 0 aliphatic heterocycles. The molecular formula is C82H154N34O24. The maximum atomic E-state index is 11.8. The molecule has 0 aliphatic carbocycles. The minimum absolute atomic E-state index is 0.00452. The van der Waals surface area contributed by atoms with Crippen molar-refractivity contribution in [1.82, 2.24) is 16.0 Å². The molecule has 58 heteroatoms. The number of aliphatic carboxylic acids is 1. The molecule has 0 amide bonds. The summed E-state index contributed by atoms with van der Waals surface area (Å²) in [4.78, 5) is 84.6. The van der Waals surface area contributed by atoms with Gasteiger partial charge in [0.2, 0.25) is 100 Å². The average molecular weight is 2000 g/mol. The summed E-state index contributed by atoms with van der Waals surface area (Å²) in [7, 11) is 0. The number of guanidine groups is 3. The molecule has 0 radical (unpaired) electrons. The van der Waals surface area contributed by atoms with Gasteiger partial charge < -0.3 is 185 Å². The number of nitrogens with zero attached hydrogens (tertiary/aromatic N) is 18. The van der Waals surface area contributed by atoms with Crippen LogP contribution in [-0.4, -0.2) is 442 Å². The number of unbranched alkanes of at least 4 members (excludes halogenated alkanes) is 5. The Morgan fingerprint density at radius 3 is 0.886 bits per heavy atom. The molecule has 140 heavy (non-hydrogen) atoms. The van der Waals surface area contributed by atoms with Crippen molar-refractivity contribution in [1.29, 1.82) is 21.6 Å². The van der Waals surface area contributed by atoms with Gasteiger partial charge in [0.1, 0.15) is 92.6 Å². The fraction of sp³-hybridized carbons (Fsp3) is 0.720. The molecule has 0 bridgehead atoms. The Bertz CT molecular complexity index is 4330. The largest absolute Gasteiger partial charge is 0.497 e. The van der Waals surface area contributed by atoms with E-state index in [-0.39, 0.29) is 142 Å². The monoisotopic (exact) mass is 2000 g/mol. The third-order valence-electron chi connectivity index (χ3n) is 19.9. The Morgan fingerprint density at radius 2 is 0.550 bits per heavy atom. The van der Waals surface area contributed by atoms with Crippen LogP contribution in [0.4, 0.5) is 0 Å². The van der Waals surface area contributed by atoms with E-state index in [1.54, 1.807) is 13.8 Å². The van der Waals surface area contributed by atoms with Crippen LogP contribution in [-0.2, 0) is 4.79 Å². The second-order valence-electron chi connectivity index (χ2n) is 32.3. The van der Waals surface area contributed by atoms with Crippen molar-refractivity contribution in [3.8, 4) is 0 Å². The lowest BCUT2D eigenvalue weighted by Crippen LogP contribution is -2.36. The number of carboxylic acids is 1. The average Bonchev–Trinajstić information content (AvgIpc) is 0.849. The number of hydrogen-bond donors (Lipinski definition) is 39. The smallest absolute Gasteiger partial charge is 0.330 e. The zero-order chi connectivity index (χ0) is 106. The van der Waals surface area contributed by atoms with Crippen molar-refractivity contribution >= 4 is 136 Å². The lowest BCUT2D eigenvalue weighted by molar-refractivity contribution is -0.139. The maximum absolute atomic E-state index is 11.8. The van der Waals surface area contributed by atoms with E-state index in [9.17, 15) is 122 Å². The summed E-state index contributed by atoms with van der Waals surface area (Å²) < 4.78 is 0. The molecule has 0 aromatic heterocycles. The molecule has 0 heterocycles. The lowest BCUT2D eigenvalue weighted by atomic mass is 10.0. The second-order valence-corrected chi connectivity index (χ2v) is 32.3. The van der Waals surface area contributed by atoms with Gasteiger partial charge in [-0.3, -0.25) is 21.6 Å². The Hall–Kier alpha value is -13.1. The highest BCUT2D eigenvalue weighted by Crippen LogP contribution is 2.21. The predicted molar refractivity (Wildman–Crippen MR) is 543 cm³/mol. The minimum atomic E-state index is -1.89. The Kier molecular flexibility index (Phi) is 65.4. The first kappa shape index (κ1) is 127. The number of hydrogen-bond acceptors (Lipinski definition) is 32. The van der Waals surface area contributed by atoms with Gasteiger partial charge in [0, 0.05) is 26.1 Å². The molecule has 796 valence electrons. The van der Waals surface area contributed by atoms with Gasteiger partial charge in [-0.2, -0.15) is 0 Å². The van der Waals surface area contributed by atoms with E-state index in [2.05, 4.69) is 106 Å². The molecule has 0 saturated carbocycles. The molecule has 0 fully saturated rings. The Balaban J connectivity index is 7.79. The zero-order valence-electron chi connectivity index (χ0n) is 79.9. The first-order chi connectivity index (χ1) is 66.1. The summed E-state index contributed by atoms with van der Waals surface area (Å²) in [5, 5.41) is 290. The van der Waals surface area contributed by atoms with Crippen LogP contribution >= 0.6 is 0 Å². The zero-order valence-corrected chi connectivity index (χ0v) is 79.9. The SMILES string of the molecule is CC(C)[C@H](N=C(O)[C@H](CCCCN)N=C(O)CN=C(O)CN=C(O)[C@H](CCC(=N)O)N=C(O)[C@H](CCCCN)N=C(O)CN=C(O)[C@H](CCCNC(=N)N)N=C(O)CN=C(O)[C@@H](N)CCCCN)C(O)=N[C@@H](CCCNC(=N)N)C(O)=N[C@@H](C)C(O)=N[C@@H](CCCCN)C(O)=N[C@@H](C)C(O)=N[C@@H](CCCCN)C(O)=N[C@H](C(O)=N[C@@H](CCCNC(=N)N)C(O)=N[C@@H](CO)C(O)=N[C@@H](CO)C(=O)O)[C@@H](C)O. The van der Waals surface area contributed by atoms with Crippen LogP contribution in [0.15, 0.2) is 89.9 Å². The highest BCUT2D eigenvalue weighted by atomic mass is 16.4. The van der Waals surface area contributed by atoms with E-state index >= 15 is 0 Å². The summed E-state index contributed by atoms with van der Waals surface area (Å²) in [5.74, 6) is -19.1. The van der Waals surface area contributed by atoms with E-state index < -0.39 is 278 Å². The predicted octanol–water partition coefficient (Wildman–Crippen LogP) is 0.587. The molecule has 0 rings (SSSR count). The molecule has 48 N–H and O–H groups in total. The molecule has 0 aromatic carbocycles. The Morgan fingerprint density at radius 1 is 0.286 bits per heavy atom. The highest BCUT2D eigenvalue weighted by Gasteiger charge is 2.33. The summed E-state index contributed by atoms with van der Waals surface area (Å²) in [6, 6.07) is -22.3. The summed E-state index contributed by atoms with van der Waals surface area (Å²) >= 11 is 0. The van der Waals surface area contributed by atoms with Crippen molar-refractivity contribution < 1.29 is 122 Å². The fourth-order valence-corrected chi connectivity index (χ4v) is 12.2. The minimum Gasteiger partial charge on any atom is -0.497 e. The van der Waals surface area contributed by atoms with E-state index in [1.165, 1.54) is 13.8 Å². The fourth-order valence-electron chi connectivity index (χ4n) is 12.2. The van der Waals surface area contributed by atoms with Crippen LogP contribution in [0.5, 0.6) is 0 Å². The first-order valence-corrected chi connectivity index (χ1v) is 45.7. The van der Waals surface area contributed by atoms with Crippen LogP contribution in [0.25, 0.3) is 0 Å². The molecule has 0 aromatic rings. The van der Waals surface area contributed by atoms with E-state index in [4.69, 9.17) is 73.2 Å². The van der Waals surface area contributed by atoms with Crippen LogP contribution in [0, 0.1) is 27.6 Å². The van der Waals surface area contributed by atoms with E-state index in [0.29, 0.717) is 57.9 Å². The standard InChI is InChI=1S/C82H154N34O24/c1-43(2)63(115-74(134)50(21-8-13-31-85)107-60(122)38-99-59(121)37-101-69(129)55(27-28-58(89)120)110-72(132)49(20-7-12-30-84)106-62(124)40-102-68(128)48(24-16-34-96-80(90)91)105-61(123)39-100-67(127)47(88)19-6-11-29-83)77(137)111-53(25-17-35-97-81(92)93)71(131)104-44(3)65(125)108-51(22-9-14-32-86)70(130)103-45(4)66(126)109-52(23-10-15-33-87)75(135)116-64(46(5)119)78(138)112-54(26-18-36-98-82(94)95)73(133)113-56(41-117)76(136)114-57(42-118)79(139)140/h43-57,63-64,117-119H,6-42,83-88H2,1-5H3,(H2,89,120)(H,99,121)(H,100,127)(H,101,129)(H,102,128)(H,103,130)(H,104,131)(H,105,123)(H,106,124)(H,107,122)(H,108,125)(H,109,126)(H,110,132)(H,111,137)(H,112,138)(H,113,133)(H,114,136)(H,115,134)(H,116,135)(H,139,140)(H4,90,91,96)(H4,92,93,97)(H4,94,95,98)/t44-,45-,46+,47-,48-,49-,50-,51-,52-,53-,54-,55-,56-,57-,63-,64-/m0/s1. The van der Waals surface area contributed by atoms with Gasteiger partial charge in [-0.25, -0.2) is 94.7 Å². The number of carbonyl (C=O) groups is 1. The molecular weight excluding hydrogens is 1850 g/mol. The lowest BCUT2D eigenvalue weighted by Gasteiger charge is -2.20. The van der Waals surface area contributed by atoms with Gasteiger partial charge in [-0.05, 0) is 194 Å². The summed E-state index contributed by atoms with van der Waals surface area (Å²) in [6.07, 6.45) is 1.45. The van der Waals surface area contributed by atoms with Gasteiger partial charge in [0.05, 0.1) is 25.4 Å². The molecule has 0 spiro atoms. The van der Waals surface area contributed by atoms with E-state index in [1.807, 2.05) is 0 Å². The number of rotatable bonds is 76. The number of aliphatic imine (C=N–C) groups is 18. The number of aliphatic hydroxyl groups excluding tert-OH is 22. The van der Waals surface area contributed by atoms with Gasteiger partial charge >= 0.3 is 5.97 Å². The van der Waals surface area contributed by atoms with Crippen molar-refractivity contribution in [2.75, 3.05) is 91.8 Å². The number of aliphatic hydroxyl groups is 22. The molecule has 0 aliphatic rings. The van der Waals surface area contributed by atoms with Crippen molar-refractivity contribution in [3.05, 3.63) is 0 Å². The van der Waals surface area contributed by atoms with Gasteiger partial charge in [-0.1, -0.05) is 20.3 Å². The van der Waals surface area contributed by atoms with Crippen molar-refractivity contribution in [2.24, 2.45) is 147 Å². The summed E-state index contributed by atoms with van der Waals surface area (Å²) in [6.45, 7) is 3.20. The molecule has 0 saturated heterocycles. The van der Waals surface area contributed by atoms with Gasteiger partial charge in [-0.15, -0.1) is 0 Å². The first-order valence-electron chi connectivity index (χ1n) is 45.7. The third-order valence-corrected chi connectivity index (χ3v) is 19.9. The number of carboxylic acid groups (broad SMARTS) is 1. The second kappa shape index (κ2) is 72.2. The number of nitrogens with two attached hydrogens (primary N) is 9. The molecule has 58 nitrogen and oxygen atoms in total. The number of nitrogens with one attached hydrogen (secondary N) is 7. The quantitative estimate of drug-likeness (QED) is 0.0225. The maximum Gasteiger partial charge on any atom is 0.330 e. The van der Waals surface area contributed by atoms with Gasteiger partial charge in [0.25, 0.3) is 0 Å². The third kappa shape index (κ3) is 55.4. The van der Waals surface area contributed by atoms with Gasteiger partial charge in [0.15, 0.2) is 47.8 Å². The van der Waals surface area contributed by atoms with Crippen molar-refractivity contribution in [3.63, 3.8) is 0 Å². The van der Waals surface area contributed by atoms with Crippen LogP contribution < -0.4 is 67.6 Å². The molecule has 16 atom stereocenters. The van der Waals surface area contributed by atoms with Crippen LogP contribution in [0.2, 0.25) is 0 Å². The van der Waals surface area contributed by atoms with Crippen LogP contribution in [0.3, 0.4) is 0 Å². The van der Waals surface area contributed by atoms with E-state index in [0.717, 1.165) is 6.92 Å². The topological polar surface area (TPSA) is 1070 Å². The van der Waals surface area contributed by atoms with Crippen molar-refractivity contribution in [2.45, 2.75) is 279 Å². The van der Waals surface area contributed by atoms with Crippen LogP contribution in [0.1, 0.15) is 182 Å². The highest BCUT2D eigenvalue weighted by molar-refractivity contribution is 5.97. The summed E-state index contributed by atoms with van der Waals surface area (Å²) in [5.41, 5.74) is 50.9. The molecule has 0 unspecified atom stereocenters.